The number of rotatable bonds is 25. The van der Waals surface area contributed by atoms with Crippen LogP contribution in [0.25, 0.3) is 0 Å². The van der Waals surface area contributed by atoms with Gasteiger partial charge in [0.05, 0.1) is 52.4 Å². The molecular formula is C53H62O21S2. The van der Waals surface area contributed by atoms with E-state index in [1.165, 1.54) is 0 Å². The van der Waals surface area contributed by atoms with E-state index in [9.17, 15) is 41.3 Å². The normalized spacial score (nSPS) is 30.2. The average molecular weight is 1100 g/mol. The van der Waals surface area contributed by atoms with Gasteiger partial charge in [-0.15, -0.1) is 0 Å². The van der Waals surface area contributed by atoms with E-state index in [2.05, 4.69) is 4.18 Å². The van der Waals surface area contributed by atoms with Crippen molar-refractivity contribution in [2.24, 2.45) is 0 Å². The first-order chi connectivity index (χ1) is 36.6. The highest BCUT2D eigenvalue weighted by molar-refractivity contribution is 7.81. The summed E-state index contributed by atoms with van der Waals surface area (Å²) in [5.74, 6) is 0. The molecule has 0 saturated carbocycles. The lowest BCUT2D eigenvalue weighted by molar-refractivity contribution is -0.390. The Hall–Kier alpha value is -4.68. The van der Waals surface area contributed by atoms with Crippen molar-refractivity contribution in [1.82, 2.24) is 0 Å². The van der Waals surface area contributed by atoms with Crippen LogP contribution < -0.4 is 0 Å². The molecule has 5 aromatic carbocycles. The SMILES string of the molecule is C[C@@H]1O[C@@H](O[C@H]2[C@H](O[C@@H]3O[C@H](COS(=O)(=O)O)[C@H](O)[C@H](OS(=O)(=O)O)[C@@H]3O)[C@@H](OCc3ccccc3)[C@H](O)O[C@@H]2COCc2ccccc2)[C@@H](OCc2ccccc2)[C@H](OCc2ccccc2)[C@@H]1OCc1ccccc1. The molecule has 76 heavy (non-hydrogen) atoms. The molecule has 8 rings (SSSR count). The van der Waals surface area contributed by atoms with E-state index in [1.807, 2.05) is 121 Å². The van der Waals surface area contributed by atoms with Crippen molar-refractivity contribution in [2.45, 2.75) is 132 Å². The summed E-state index contributed by atoms with van der Waals surface area (Å²) in [5.41, 5.74) is 3.93. The molecule has 5 aromatic rings. The minimum absolute atomic E-state index is 0.0263. The Kier molecular flexibility index (Phi) is 20.6. The van der Waals surface area contributed by atoms with Gasteiger partial charge >= 0.3 is 20.8 Å². The predicted molar refractivity (Wildman–Crippen MR) is 266 cm³/mol. The van der Waals surface area contributed by atoms with Crippen LogP contribution in [0.5, 0.6) is 0 Å². The van der Waals surface area contributed by atoms with Gasteiger partial charge in [0.15, 0.2) is 18.9 Å². The molecule has 23 heteroatoms. The van der Waals surface area contributed by atoms with Crippen molar-refractivity contribution in [3.8, 4) is 0 Å². The number of aliphatic hydroxyl groups excluding tert-OH is 3. The van der Waals surface area contributed by atoms with Gasteiger partial charge in [-0.3, -0.25) is 9.11 Å². The van der Waals surface area contributed by atoms with Crippen LogP contribution in [0.1, 0.15) is 34.7 Å². The van der Waals surface area contributed by atoms with E-state index < -0.39 is 120 Å². The number of hydrogen-bond acceptors (Lipinski definition) is 19. The van der Waals surface area contributed by atoms with Crippen LogP contribution in [-0.4, -0.2) is 147 Å². The third kappa shape index (κ3) is 16.4. The molecule has 3 heterocycles. The van der Waals surface area contributed by atoms with Crippen molar-refractivity contribution < 1.29 is 97.0 Å². The zero-order valence-corrected chi connectivity index (χ0v) is 42.8. The molecule has 0 spiro atoms. The molecule has 3 saturated heterocycles. The lowest BCUT2D eigenvalue weighted by Crippen LogP contribution is -2.67. The fourth-order valence-electron chi connectivity index (χ4n) is 9.01. The first kappa shape index (κ1) is 57.5. The molecular weight excluding hydrogens is 1040 g/mol. The zero-order chi connectivity index (χ0) is 53.7. The highest BCUT2D eigenvalue weighted by atomic mass is 32.3. The van der Waals surface area contributed by atoms with Crippen molar-refractivity contribution >= 4 is 20.8 Å². The summed E-state index contributed by atoms with van der Waals surface area (Å²) in [4.78, 5) is 0. The molecule has 21 nitrogen and oxygen atoms in total. The molecule has 0 aliphatic carbocycles. The van der Waals surface area contributed by atoms with Crippen molar-refractivity contribution in [2.75, 3.05) is 13.2 Å². The Morgan fingerprint density at radius 2 is 0.855 bits per heavy atom. The maximum absolute atomic E-state index is 12.2. The third-order valence-corrected chi connectivity index (χ3v) is 13.6. The first-order valence-corrected chi connectivity index (χ1v) is 27.1. The fourth-order valence-corrected chi connectivity index (χ4v) is 9.82. The van der Waals surface area contributed by atoms with Crippen LogP contribution in [0.2, 0.25) is 0 Å². The maximum atomic E-state index is 12.2. The Labute approximate surface area is 440 Å². The molecule has 0 radical (unpaired) electrons. The fraction of sp³-hybridized carbons (Fsp3) is 0.434. The lowest BCUT2D eigenvalue weighted by atomic mass is 9.95. The van der Waals surface area contributed by atoms with Crippen LogP contribution in [0.15, 0.2) is 152 Å². The molecule has 3 aliphatic rings. The summed E-state index contributed by atoms with van der Waals surface area (Å²) in [7, 11) is -10.7. The van der Waals surface area contributed by atoms with E-state index in [0.717, 1.165) is 22.3 Å². The van der Waals surface area contributed by atoms with Gasteiger partial charge in [0, 0.05) is 0 Å². The quantitative estimate of drug-likeness (QED) is 0.0511. The summed E-state index contributed by atoms with van der Waals surface area (Å²) >= 11 is 0. The molecule has 0 unspecified atom stereocenters. The second-order valence-corrected chi connectivity index (χ2v) is 20.4. The maximum Gasteiger partial charge on any atom is 0.397 e. The highest BCUT2D eigenvalue weighted by Crippen LogP contribution is 2.38. The smallest absolute Gasteiger partial charge is 0.387 e. The van der Waals surface area contributed by atoms with Crippen molar-refractivity contribution in [1.29, 1.82) is 0 Å². The summed E-state index contributed by atoms with van der Waals surface area (Å²) in [6, 6.07) is 46.3. The minimum Gasteiger partial charge on any atom is -0.387 e. The minimum atomic E-state index is -5.45. The highest BCUT2D eigenvalue weighted by Gasteiger charge is 2.56. The van der Waals surface area contributed by atoms with Crippen LogP contribution in [0, 0.1) is 0 Å². The van der Waals surface area contributed by atoms with E-state index >= 15 is 0 Å². The summed E-state index contributed by atoms with van der Waals surface area (Å²) in [6.45, 7) is 0.492. The monoisotopic (exact) mass is 1100 g/mol. The Morgan fingerprint density at radius 1 is 0.421 bits per heavy atom. The summed E-state index contributed by atoms with van der Waals surface area (Å²) in [5, 5.41) is 34.9. The van der Waals surface area contributed by atoms with Crippen LogP contribution in [0.3, 0.4) is 0 Å². The molecule has 15 atom stereocenters. The van der Waals surface area contributed by atoms with Crippen LogP contribution >= 0.6 is 0 Å². The van der Waals surface area contributed by atoms with Gasteiger partial charge in [0.25, 0.3) is 0 Å². The van der Waals surface area contributed by atoms with Gasteiger partial charge in [-0.2, -0.15) is 16.8 Å². The van der Waals surface area contributed by atoms with E-state index in [4.69, 9.17) is 51.6 Å². The average Bonchev–Trinajstić information content (AvgIpc) is 3.42. The first-order valence-electron chi connectivity index (χ1n) is 24.4. The summed E-state index contributed by atoms with van der Waals surface area (Å²) in [6.07, 6.45) is -23.9. The number of ether oxygens (including phenoxy) is 10. The predicted octanol–water partition coefficient (Wildman–Crippen LogP) is 4.23. The Balaban J connectivity index is 1.20. The Morgan fingerprint density at radius 3 is 1.33 bits per heavy atom. The zero-order valence-electron chi connectivity index (χ0n) is 41.1. The topological polar surface area (TPSA) is 280 Å². The molecule has 0 aromatic heterocycles. The van der Waals surface area contributed by atoms with Gasteiger partial charge in [-0.1, -0.05) is 152 Å². The second kappa shape index (κ2) is 27.3. The molecule has 412 valence electrons. The summed E-state index contributed by atoms with van der Waals surface area (Å²) < 4.78 is 142. The van der Waals surface area contributed by atoms with Gasteiger partial charge in [0.2, 0.25) is 0 Å². The van der Waals surface area contributed by atoms with Gasteiger partial charge in [0.1, 0.15) is 67.1 Å². The third-order valence-electron chi connectivity index (χ3n) is 12.7. The number of aliphatic hydroxyl groups is 3. The molecule has 0 amide bonds. The van der Waals surface area contributed by atoms with Crippen LogP contribution in [0.4, 0.5) is 0 Å². The largest absolute Gasteiger partial charge is 0.397 e. The number of hydrogen-bond donors (Lipinski definition) is 5. The van der Waals surface area contributed by atoms with E-state index in [-0.39, 0.29) is 39.6 Å². The van der Waals surface area contributed by atoms with Gasteiger partial charge in [-0.05, 0) is 34.7 Å². The standard InChI is InChI=1S/C53H62O21S2/c1-34-44(64-28-36-19-9-3-10-20-36)47(65-29-37-21-11-4-12-22-37)50(67-31-39-25-15-6-16-26-39)53(69-34)72-45-41(32-63-27-35-17-7-2-8-18-35)70-51(56)49(66-30-38-23-13-5-14-24-38)48(45)73-52-43(55)46(74-76(60,61)62)42(54)40(71-52)33-68-75(57,58)59/h2-26,34,40-56H,27-33H2,1H3,(H,57,58,59)(H,60,61,62)/t34-,40+,41+,42-,43-,44+,45+,46-,47+,48-,49+,50-,51+,52-,53-/m0/s1. The second-order valence-electron chi connectivity index (χ2n) is 18.2. The van der Waals surface area contributed by atoms with Gasteiger partial charge < -0.3 is 62.7 Å². The van der Waals surface area contributed by atoms with E-state index in [0.29, 0.717) is 5.56 Å². The molecule has 0 bridgehead atoms. The molecule has 3 aliphatic heterocycles. The number of benzene rings is 5. The van der Waals surface area contributed by atoms with E-state index in [1.54, 1.807) is 37.3 Å². The Bertz CT molecular complexity index is 2720. The van der Waals surface area contributed by atoms with Crippen molar-refractivity contribution in [3.63, 3.8) is 0 Å². The lowest BCUT2D eigenvalue weighted by Gasteiger charge is -2.50. The van der Waals surface area contributed by atoms with Crippen molar-refractivity contribution in [3.05, 3.63) is 179 Å². The van der Waals surface area contributed by atoms with Gasteiger partial charge in [-0.25, -0.2) is 8.37 Å². The molecule has 5 N–H and O–H groups in total. The molecule has 3 fully saturated rings. The van der Waals surface area contributed by atoms with Crippen LogP contribution in [-0.2, 0) is 110 Å².